The van der Waals surface area contributed by atoms with Crippen LogP contribution in [0.3, 0.4) is 0 Å². The van der Waals surface area contributed by atoms with Crippen molar-refractivity contribution >= 4 is 22.6 Å². The highest BCUT2D eigenvalue weighted by molar-refractivity contribution is 14.1. The number of hydrogen-bond acceptors (Lipinski definition) is 4. The minimum Gasteiger partial charge on any atom is -0.507 e. The predicted octanol–water partition coefficient (Wildman–Crippen LogP) is 3.99. The largest absolute Gasteiger partial charge is 0.507 e. The molecular weight excluding hydrogens is 393 g/mol. The van der Waals surface area contributed by atoms with Gasteiger partial charge in [-0.25, -0.2) is 8.78 Å². The van der Waals surface area contributed by atoms with Crippen LogP contribution in [0.15, 0.2) is 40.9 Å². The van der Waals surface area contributed by atoms with Crippen LogP contribution >= 0.6 is 22.6 Å². The molecule has 0 bridgehead atoms. The third-order valence-corrected chi connectivity index (χ3v) is 3.41. The van der Waals surface area contributed by atoms with Gasteiger partial charge >= 0.3 is 0 Å². The maximum atomic E-state index is 13.2. The van der Waals surface area contributed by atoms with E-state index in [-0.39, 0.29) is 23.0 Å². The molecule has 1 heterocycles. The van der Waals surface area contributed by atoms with Crippen molar-refractivity contribution in [2.75, 3.05) is 0 Å². The molecule has 0 saturated carbocycles. The molecule has 0 spiro atoms. The van der Waals surface area contributed by atoms with Crippen LogP contribution < -0.4 is 0 Å². The summed E-state index contributed by atoms with van der Waals surface area (Å²) in [6.45, 7) is 0. The third kappa shape index (κ3) is 2.87. The first-order valence-corrected chi connectivity index (χ1v) is 6.90. The molecule has 1 N–H and O–H groups in total. The van der Waals surface area contributed by atoms with Crippen LogP contribution in [-0.2, 0) is 0 Å². The fourth-order valence-corrected chi connectivity index (χ4v) is 2.30. The van der Waals surface area contributed by atoms with Crippen LogP contribution in [0.25, 0.3) is 22.8 Å². The van der Waals surface area contributed by atoms with Gasteiger partial charge in [-0.3, -0.25) is 0 Å². The van der Waals surface area contributed by atoms with Crippen molar-refractivity contribution in [1.82, 2.24) is 10.1 Å². The summed E-state index contributed by atoms with van der Waals surface area (Å²) in [6.07, 6.45) is 0. The van der Waals surface area contributed by atoms with Crippen LogP contribution in [0, 0.1) is 15.2 Å². The van der Waals surface area contributed by atoms with Crippen molar-refractivity contribution in [2.45, 2.75) is 0 Å². The number of phenolic OH excluding ortho intramolecular Hbond substituents is 1. The molecule has 3 rings (SSSR count). The Balaban J connectivity index is 2.05. The monoisotopic (exact) mass is 400 g/mol. The standard InChI is InChI=1S/C14H7F2IN2O2/c15-8-3-7(4-9(16)5-8)13-18-14(21-19-13)11-6-10(17)1-2-12(11)20/h1-6,20H. The minimum atomic E-state index is -0.728. The summed E-state index contributed by atoms with van der Waals surface area (Å²) in [5.41, 5.74) is 0.519. The first-order valence-electron chi connectivity index (χ1n) is 5.82. The number of aromatic hydroxyl groups is 1. The molecule has 3 aromatic rings. The van der Waals surface area contributed by atoms with Gasteiger partial charge in [0.1, 0.15) is 17.4 Å². The Bertz CT molecular complexity index is 800. The van der Waals surface area contributed by atoms with E-state index in [2.05, 4.69) is 32.7 Å². The highest BCUT2D eigenvalue weighted by Gasteiger charge is 2.15. The number of halogens is 3. The molecule has 0 unspecified atom stereocenters. The number of rotatable bonds is 2. The Labute approximate surface area is 131 Å². The summed E-state index contributed by atoms with van der Waals surface area (Å²) in [7, 11) is 0. The average Bonchev–Trinajstić information content (AvgIpc) is 2.90. The molecule has 0 radical (unpaired) electrons. The Kier molecular flexibility index (Phi) is 3.58. The van der Waals surface area contributed by atoms with Gasteiger partial charge in [0.15, 0.2) is 0 Å². The molecule has 0 aliphatic heterocycles. The Morgan fingerprint density at radius 3 is 2.48 bits per heavy atom. The van der Waals surface area contributed by atoms with Gasteiger partial charge in [-0.15, -0.1) is 0 Å². The van der Waals surface area contributed by atoms with Gasteiger partial charge in [0.2, 0.25) is 5.82 Å². The minimum absolute atomic E-state index is 0.0176. The highest BCUT2D eigenvalue weighted by Crippen LogP contribution is 2.31. The maximum Gasteiger partial charge on any atom is 0.262 e. The van der Waals surface area contributed by atoms with Gasteiger partial charge < -0.3 is 9.63 Å². The summed E-state index contributed by atoms with van der Waals surface area (Å²) in [5.74, 6) is -1.36. The van der Waals surface area contributed by atoms with Crippen molar-refractivity contribution in [3.05, 3.63) is 51.6 Å². The van der Waals surface area contributed by atoms with Crippen molar-refractivity contribution < 1.29 is 18.4 Å². The Hall–Kier alpha value is -2.03. The van der Waals surface area contributed by atoms with Crippen molar-refractivity contribution in [3.63, 3.8) is 0 Å². The summed E-state index contributed by atoms with van der Waals surface area (Å²) >= 11 is 2.08. The third-order valence-electron chi connectivity index (χ3n) is 2.74. The molecule has 0 aliphatic rings. The first-order chi connectivity index (χ1) is 10.0. The van der Waals surface area contributed by atoms with Gasteiger partial charge in [-0.2, -0.15) is 4.98 Å². The second kappa shape index (κ2) is 5.40. The van der Waals surface area contributed by atoms with Crippen LogP contribution in [-0.4, -0.2) is 15.2 Å². The zero-order chi connectivity index (χ0) is 15.0. The van der Waals surface area contributed by atoms with E-state index < -0.39 is 11.6 Å². The van der Waals surface area contributed by atoms with Crippen LogP contribution in [0.5, 0.6) is 5.75 Å². The summed E-state index contributed by atoms with van der Waals surface area (Å²) in [5, 5.41) is 13.5. The van der Waals surface area contributed by atoms with Crippen LogP contribution in [0.2, 0.25) is 0 Å². The normalized spacial score (nSPS) is 10.8. The first kappa shape index (κ1) is 13.9. The number of nitrogens with zero attached hydrogens (tertiary/aromatic N) is 2. The van der Waals surface area contributed by atoms with Gasteiger partial charge in [-0.1, -0.05) is 5.16 Å². The molecule has 106 valence electrons. The number of benzene rings is 2. The van der Waals surface area contributed by atoms with E-state index in [1.54, 1.807) is 12.1 Å². The lowest BCUT2D eigenvalue weighted by Crippen LogP contribution is -1.86. The molecule has 0 fully saturated rings. The zero-order valence-electron chi connectivity index (χ0n) is 10.3. The summed E-state index contributed by atoms with van der Waals surface area (Å²) < 4.78 is 32.3. The molecule has 0 atom stereocenters. The zero-order valence-corrected chi connectivity index (χ0v) is 12.5. The fraction of sp³-hybridized carbons (Fsp3) is 0. The number of aromatic nitrogens is 2. The molecular formula is C14H7F2IN2O2. The van der Waals surface area contributed by atoms with E-state index in [1.165, 1.54) is 6.07 Å². The van der Waals surface area contributed by atoms with E-state index in [9.17, 15) is 13.9 Å². The average molecular weight is 400 g/mol. The van der Waals surface area contributed by atoms with E-state index in [1.807, 2.05) is 0 Å². The fourth-order valence-electron chi connectivity index (χ4n) is 1.81. The molecule has 0 amide bonds. The number of phenols is 1. The van der Waals surface area contributed by atoms with Crippen molar-refractivity contribution in [3.8, 4) is 28.6 Å². The van der Waals surface area contributed by atoms with Crippen molar-refractivity contribution in [1.29, 1.82) is 0 Å². The molecule has 0 saturated heterocycles. The van der Waals surface area contributed by atoms with Gasteiger partial charge in [-0.05, 0) is 52.9 Å². The summed E-state index contributed by atoms with van der Waals surface area (Å²) in [6, 6.07) is 7.86. The highest BCUT2D eigenvalue weighted by atomic mass is 127. The predicted molar refractivity (Wildman–Crippen MR) is 79.5 cm³/mol. The Morgan fingerprint density at radius 1 is 1.05 bits per heavy atom. The molecule has 21 heavy (non-hydrogen) atoms. The quantitative estimate of drug-likeness (QED) is 0.661. The van der Waals surface area contributed by atoms with E-state index >= 15 is 0 Å². The lowest BCUT2D eigenvalue weighted by Gasteiger charge is -1.99. The lowest BCUT2D eigenvalue weighted by molar-refractivity contribution is 0.425. The molecule has 7 heteroatoms. The topological polar surface area (TPSA) is 59.2 Å². The molecule has 4 nitrogen and oxygen atoms in total. The smallest absolute Gasteiger partial charge is 0.262 e. The van der Waals surface area contributed by atoms with E-state index in [0.29, 0.717) is 5.56 Å². The summed E-state index contributed by atoms with van der Waals surface area (Å²) in [4.78, 5) is 4.06. The van der Waals surface area contributed by atoms with Crippen molar-refractivity contribution in [2.24, 2.45) is 0 Å². The SMILES string of the molecule is Oc1ccc(I)cc1-c1nc(-c2cc(F)cc(F)c2)no1. The molecule has 0 aliphatic carbocycles. The van der Waals surface area contributed by atoms with E-state index in [4.69, 9.17) is 4.52 Å². The molecule has 2 aromatic carbocycles. The van der Waals surface area contributed by atoms with Gasteiger partial charge in [0.05, 0.1) is 5.56 Å². The maximum absolute atomic E-state index is 13.2. The second-order valence-electron chi connectivity index (χ2n) is 4.24. The van der Waals surface area contributed by atoms with E-state index in [0.717, 1.165) is 21.8 Å². The van der Waals surface area contributed by atoms with Gasteiger partial charge in [0.25, 0.3) is 5.89 Å². The number of hydrogen-bond donors (Lipinski definition) is 1. The second-order valence-corrected chi connectivity index (χ2v) is 5.49. The molecule has 1 aromatic heterocycles. The Morgan fingerprint density at radius 2 is 1.76 bits per heavy atom. The van der Waals surface area contributed by atoms with Gasteiger partial charge in [0, 0.05) is 15.2 Å². The van der Waals surface area contributed by atoms with Crippen LogP contribution in [0.1, 0.15) is 0 Å². The van der Waals surface area contributed by atoms with Crippen LogP contribution in [0.4, 0.5) is 8.78 Å². The lowest BCUT2D eigenvalue weighted by atomic mass is 10.2.